The molecule has 0 aliphatic heterocycles. The summed E-state index contributed by atoms with van der Waals surface area (Å²) in [5.74, 6) is 1.49. The highest BCUT2D eigenvalue weighted by Crippen LogP contribution is 2.30. The molecule has 3 nitrogen and oxygen atoms in total. The Bertz CT molecular complexity index is 345. The van der Waals surface area contributed by atoms with Crippen molar-refractivity contribution in [3.8, 4) is 11.5 Å². The second kappa shape index (κ2) is 9.06. The van der Waals surface area contributed by atoms with Crippen molar-refractivity contribution in [3.63, 3.8) is 0 Å². The summed E-state index contributed by atoms with van der Waals surface area (Å²) < 4.78 is 10.5. The van der Waals surface area contributed by atoms with E-state index in [2.05, 4.69) is 6.92 Å². The van der Waals surface area contributed by atoms with E-state index in [1.807, 2.05) is 18.2 Å². The lowest BCUT2D eigenvalue weighted by molar-refractivity contribution is 0.354. The standard InChI is InChI=1S/C14H23NO2.ClH/c1-4-5-6-7-12(15)11-8-9-13(16-2)14(10-11)17-3;/h8-10,12H,4-7,15H2,1-3H3;1H/t12-;/m1./s1. The molecule has 0 bridgehead atoms. The monoisotopic (exact) mass is 273 g/mol. The summed E-state index contributed by atoms with van der Waals surface area (Å²) in [6.45, 7) is 2.20. The molecule has 0 aliphatic carbocycles. The lowest BCUT2D eigenvalue weighted by atomic mass is 10.0. The van der Waals surface area contributed by atoms with Crippen LogP contribution in [0.4, 0.5) is 0 Å². The van der Waals surface area contributed by atoms with Gasteiger partial charge in [0, 0.05) is 6.04 Å². The van der Waals surface area contributed by atoms with E-state index in [0.717, 1.165) is 23.5 Å². The molecule has 4 heteroatoms. The molecular weight excluding hydrogens is 250 g/mol. The molecule has 1 rings (SSSR count). The van der Waals surface area contributed by atoms with Crippen LogP contribution >= 0.6 is 12.4 Å². The summed E-state index contributed by atoms with van der Waals surface area (Å²) in [7, 11) is 3.28. The molecule has 0 unspecified atom stereocenters. The Balaban J connectivity index is 0.00000289. The number of ether oxygens (including phenoxy) is 2. The van der Waals surface area contributed by atoms with Crippen LogP contribution in [0.2, 0.25) is 0 Å². The Hall–Kier alpha value is -0.930. The highest BCUT2D eigenvalue weighted by atomic mass is 35.5. The number of hydrogen-bond acceptors (Lipinski definition) is 3. The van der Waals surface area contributed by atoms with Gasteiger partial charge in [0.2, 0.25) is 0 Å². The third-order valence-corrected chi connectivity index (χ3v) is 2.95. The first-order valence-electron chi connectivity index (χ1n) is 6.20. The minimum Gasteiger partial charge on any atom is -0.493 e. The van der Waals surface area contributed by atoms with E-state index in [-0.39, 0.29) is 18.4 Å². The Morgan fingerprint density at radius 1 is 1.11 bits per heavy atom. The highest BCUT2D eigenvalue weighted by molar-refractivity contribution is 5.85. The maximum Gasteiger partial charge on any atom is 0.161 e. The van der Waals surface area contributed by atoms with Crippen molar-refractivity contribution < 1.29 is 9.47 Å². The second-order valence-electron chi connectivity index (χ2n) is 4.22. The molecule has 1 aromatic carbocycles. The summed E-state index contributed by atoms with van der Waals surface area (Å²) >= 11 is 0. The van der Waals surface area contributed by atoms with Crippen molar-refractivity contribution in [3.05, 3.63) is 23.8 Å². The van der Waals surface area contributed by atoms with Crippen molar-refractivity contribution in [2.75, 3.05) is 14.2 Å². The van der Waals surface area contributed by atoms with Crippen LogP contribution in [-0.2, 0) is 0 Å². The van der Waals surface area contributed by atoms with E-state index in [0.29, 0.717) is 0 Å². The van der Waals surface area contributed by atoms with Gasteiger partial charge in [-0.3, -0.25) is 0 Å². The summed E-state index contributed by atoms with van der Waals surface area (Å²) in [6.07, 6.45) is 4.65. The fourth-order valence-corrected chi connectivity index (χ4v) is 1.86. The first kappa shape index (κ1) is 17.1. The molecular formula is C14H24ClNO2. The molecule has 104 valence electrons. The molecule has 1 aromatic rings. The smallest absolute Gasteiger partial charge is 0.161 e. The summed E-state index contributed by atoms with van der Waals surface area (Å²) in [4.78, 5) is 0. The number of rotatable bonds is 7. The highest BCUT2D eigenvalue weighted by Gasteiger charge is 2.10. The van der Waals surface area contributed by atoms with Crippen molar-refractivity contribution in [2.24, 2.45) is 5.73 Å². The predicted molar refractivity (Wildman–Crippen MR) is 77.9 cm³/mol. The SMILES string of the molecule is CCCCC[C@@H](N)c1ccc(OC)c(OC)c1.Cl. The number of halogens is 1. The van der Waals surface area contributed by atoms with Gasteiger partial charge in [-0.1, -0.05) is 32.3 Å². The fourth-order valence-electron chi connectivity index (χ4n) is 1.86. The van der Waals surface area contributed by atoms with Crippen LogP contribution in [0, 0.1) is 0 Å². The summed E-state index contributed by atoms with van der Waals surface area (Å²) in [5.41, 5.74) is 7.26. The van der Waals surface area contributed by atoms with Crippen molar-refractivity contribution in [2.45, 2.75) is 38.6 Å². The molecule has 0 saturated carbocycles. The van der Waals surface area contributed by atoms with Crippen molar-refractivity contribution in [1.82, 2.24) is 0 Å². The molecule has 0 aromatic heterocycles. The van der Waals surface area contributed by atoms with Gasteiger partial charge >= 0.3 is 0 Å². The maximum absolute atomic E-state index is 6.15. The van der Waals surface area contributed by atoms with E-state index in [1.165, 1.54) is 19.3 Å². The van der Waals surface area contributed by atoms with Gasteiger partial charge in [-0.05, 0) is 24.1 Å². The Labute approximate surface area is 116 Å². The fraction of sp³-hybridized carbons (Fsp3) is 0.571. The maximum atomic E-state index is 6.15. The Morgan fingerprint density at radius 3 is 2.33 bits per heavy atom. The number of nitrogens with two attached hydrogens (primary N) is 1. The van der Waals surface area contributed by atoms with Crippen molar-refractivity contribution in [1.29, 1.82) is 0 Å². The molecule has 0 spiro atoms. The summed E-state index contributed by atoms with van der Waals surface area (Å²) in [6, 6.07) is 5.97. The third kappa shape index (κ3) is 4.75. The van der Waals surface area contributed by atoms with Gasteiger partial charge in [0.1, 0.15) is 0 Å². The van der Waals surface area contributed by atoms with Gasteiger partial charge in [-0.25, -0.2) is 0 Å². The molecule has 0 radical (unpaired) electrons. The minimum atomic E-state index is 0. The van der Waals surface area contributed by atoms with E-state index in [9.17, 15) is 0 Å². The van der Waals surface area contributed by atoms with Gasteiger partial charge < -0.3 is 15.2 Å². The average Bonchev–Trinajstić information content (AvgIpc) is 2.38. The first-order valence-corrected chi connectivity index (χ1v) is 6.20. The molecule has 2 N–H and O–H groups in total. The molecule has 18 heavy (non-hydrogen) atoms. The molecule has 0 amide bonds. The van der Waals surface area contributed by atoms with Crippen LogP contribution < -0.4 is 15.2 Å². The van der Waals surface area contributed by atoms with Crippen LogP contribution in [0.25, 0.3) is 0 Å². The van der Waals surface area contributed by atoms with Crippen LogP contribution in [-0.4, -0.2) is 14.2 Å². The lowest BCUT2D eigenvalue weighted by Gasteiger charge is -2.14. The number of unbranched alkanes of at least 4 members (excludes halogenated alkanes) is 2. The van der Waals surface area contributed by atoms with E-state index in [1.54, 1.807) is 14.2 Å². The zero-order valence-electron chi connectivity index (χ0n) is 11.4. The Morgan fingerprint density at radius 2 is 1.78 bits per heavy atom. The molecule has 0 fully saturated rings. The van der Waals surface area contributed by atoms with Crippen LogP contribution in [0.1, 0.15) is 44.2 Å². The average molecular weight is 274 g/mol. The number of hydrogen-bond donors (Lipinski definition) is 1. The van der Waals surface area contributed by atoms with E-state index in [4.69, 9.17) is 15.2 Å². The van der Waals surface area contributed by atoms with Gasteiger partial charge in [0.25, 0.3) is 0 Å². The van der Waals surface area contributed by atoms with Crippen molar-refractivity contribution >= 4 is 12.4 Å². The van der Waals surface area contributed by atoms with E-state index >= 15 is 0 Å². The zero-order chi connectivity index (χ0) is 12.7. The molecule has 0 saturated heterocycles. The molecule has 0 aliphatic rings. The Kier molecular flexibility index (Phi) is 8.59. The van der Waals surface area contributed by atoms with E-state index < -0.39 is 0 Å². The summed E-state index contributed by atoms with van der Waals surface area (Å²) in [5, 5.41) is 0. The van der Waals surface area contributed by atoms with Gasteiger partial charge in [0.05, 0.1) is 14.2 Å². The number of benzene rings is 1. The predicted octanol–water partition coefficient (Wildman–Crippen LogP) is 3.71. The first-order chi connectivity index (χ1) is 8.22. The van der Waals surface area contributed by atoms with Gasteiger partial charge in [0.15, 0.2) is 11.5 Å². The van der Waals surface area contributed by atoms with Gasteiger partial charge in [-0.2, -0.15) is 0 Å². The van der Waals surface area contributed by atoms with Crippen LogP contribution in [0.15, 0.2) is 18.2 Å². The number of methoxy groups -OCH3 is 2. The topological polar surface area (TPSA) is 44.5 Å². The van der Waals surface area contributed by atoms with Gasteiger partial charge in [-0.15, -0.1) is 12.4 Å². The normalized spacial score (nSPS) is 11.6. The lowest BCUT2D eigenvalue weighted by Crippen LogP contribution is -2.10. The zero-order valence-corrected chi connectivity index (χ0v) is 12.3. The quantitative estimate of drug-likeness (QED) is 0.771. The third-order valence-electron chi connectivity index (χ3n) is 2.95. The van der Waals surface area contributed by atoms with Crippen LogP contribution in [0.3, 0.4) is 0 Å². The molecule has 1 atom stereocenters. The van der Waals surface area contributed by atoms with Crippen LogP contribution in [0.5, 0.6) is 11.5 Å². The second-order valence-corrected chi connectivity index (χ2v) is 4.22. The largest absolute Gasteiger partial charge is 0.493 e. The molecule has 0 heterocycles. The minimum absolute atomic E-state index is 0.